The van der Waals surface area contributed by atoms with Gasteiger partial charge < -0.3 is 4.74 Å². The third-order valence-corrected chi connectivity index (χ3v) is 3.18. The summed E-state index contributed by atoms with van der Waals surface area (Å²) in [6.45, 7) is 7.94. The van der Waals surface area contributed by atoms with E-state index in [0.29, 0.717) is 0 Å². The maximum Gasteiger partial charge on any atom is 0.169 e. The van der Waals surface area contributed by atoms with Crippen LogP contribution in [-0.4, -0.2) is 22.5 Å². The van der Waals surface area contributed by atoms with Crippen molar-refractivity contribution in [3.05, 3.63) is 29.6 Å². The van der Waals surface area contributed by atoms with E-state index in [-0.39, 0.29) is 17.6 Å². The van der Waals surface area contributed by atoms with Crippen molar-refractivity contribution in [1.29, 1.82) is 0 Å². The SMILES string of the molecule is COc1ccc2c(C(=O)C(C)C)c(C(C)C)nn2c1. The van der Waals surface area contributed by atoms with E-state index in [0.717, 1.165) is 22.5 Å². The van der Waals surface area contributed by atoms with Gasteiger partial charge in [-0.25, -0.2) is 4.52 Å². The molecule has 2 heterocycles. The Kier molecular flexibility index (Phi) is 3.60. The molecule has 0 fully saturated rings. The molecule has 102 valence electrons. The highest BCUT2D eigenvalue weighted by molar-refractivity contribution is 6.04. The van der Waals surface area contributed by atoms with Gasteiger partial charge in [-0.2, -0.15) is 5.10 Å². The third kappa shape index (κ3) is 2.35. The van der Waals surface area contributed by atoms with Crippen molar-refractivity contribution in [2.75, 3.05) is 7.11 Å². The minimum atomic E-state index is -0.0346. The maximum absolute atomic E-state index is 12.4. The molecule has 0 aliphatic carbocycles. The Morgan fingerprint density at radius 3 is 2.47 bits per heavy atom. The molecular weight excluding hydrogens is 240 g/mol. The lowest BCUT2D eigenvalue weighted by atomic mass is 9.95. The smallest absolute Gasteiger partial charge is 0.169 e. The average Bonchev–Trinajstić information content (AvgIpc) is 2.75. The van der Waals surface area contributed by atoms with Crippen LogP contribution < -0.4 is 4.74 Å². The van der Waals surface area contributed by atoms with E-state index in [1.807, 2.05) is 26.0 Å². The van der Waals surface area contributed by atoms with Crippen molar-refractivity contribution < 1.29 is 9.53 Å². The molecule has 0 amide bonds. The Morgan fingerprint density at radius 1 is 1.26 bits per heavy atom. The number of rotatable bonds is 4. The third-order valence-electron chi connectivity index (χ3n) is 3.18. The van der Waals surface area contributed by atoms with Gasteiger partial charge in [0.15, 0.2) is 5.78 Å². The number of hydrogen-bond donors (Lipinski definition) is 0. The van der Waals surface area contributed by atoms with Crippen LogP contribution in [0, 0.1) is 5.92 Å². The number of ether oxygens (including phenoxy) is 1. The van der Waals surface area contributed by atoms with Crippen LogP contribution in [0.4, 0.5) is 0 Å². The molecular formula is C15H20N2O2. The molecule has 2 aromatic heterocycles. The molecule has 0 aliphatic heterocycles. The minimum Gasteiger partial charge on any atom is -0.495 e. The van der Waals surface area contributed by atoms with Gasteiger partial charge in [0.05, 0.1) is 30.1 Å². The van der Waals surface area contributed by atoms with E-state index in [1.165, 1.54) is 0 Å². The Labute approximate surface area is 113 Å². The molecule has 19 heavy (non-hydrogen) atoms. The van der Waals surface area contributed by atoms with Crippen LogP contribution >= 0.6 is 0 Å². The zero-order valence-corrected chi connectivity index (χ0v) is 12.1. The summed E-state index contributed by atoms with van der Waals surface area (Å²) in [6.07, 6.45) is 1.80. The number of fused-ring (bicyclic) bond motifs is 1. The first kappa shape index (κ1) is 13.6. The fourth-order valence-corrected chi connectivity index (χ4v) is 2.11. The van der Waals surface area contributed by atoms with Crippen LogP contribution in [0.3, 0.4) is 0 Å². The van der Waals surface area contributed by atoms with Crippen LogP contribution in [0.15, 0.2) is 18.3 Å². The highest BCUT2D eigenvalue weighted by Gasteiger charge is 2.23. The molecule has 0 bridgehead atoms. The highest BCUT2D eigenvalue weighted by Crippen LogP contribution is 2.26. The average molecular weight is 260 g/mol. The molecule has 4 nitrogen and oxygen atoms in total. The number of methoxy groups -OCH3 is 1. The summed E-state index contributed by atoms with van der Waals surface area (Å²) in [5, 5.41) is 4.54. The van der Waals surface area contributed by atoms with E-state index < -0.39 is 0 Å². The molecule has 0 spiro atoms. The molecule has 0 atom stereocenters. The van der Waals surface area contributed by atoms with Gasteiger partial charge in [-0.3, -0.25) is 4.79 Å². The van der Waals surface area contributed by atoms with Crippen LogP contribution in [-0.2, 0) is 0 Å². The first-order valence-electron chi connectivity index (χ1n) is 6.56. The second-order valence-corrected chi connectivity index (χ2v) is 5.33. The molecule has 0 saturated heterocycles. The number of hydrogen-bond acceptors (Lipinski definition) is 3. The number of carbonyl (C=O) groups excluding carboxylic acids is 1. The zero-order chi connectivity index (χ0) is 14.2. The van der Waals surface area contributed by atoms with Crippen LogP contribution in [0.1, 0.15) is 49.7 Å². The van der Waals surface area contributed by atoms with Gasteiger partial charge in [-0.05, 0) is 18.1 Å². The summed E-state index contributed by atoms with van der Waals surface area (Å²) in [5.74, 6) is 1.05. The summed E-state index contributed by atoms with van der Waals surface area (Å²) in [7, 11) is 1.62. The molecule has 0 saturated carbocycles. The fraction of sp³-hybridized carbons (Fsp3) is 0.467. The second kappa shape index (κ2) is 5.03. The predicted octanol–water partition coefficient (Wildman–Crippen LogP) is 3.31. The normalized spacial score (nSPS) is 11.5. The van der Waals surface area contributed by atoms with Crippen molar-refractivity contribution in [3.8, 4) is 5.75 Å². The zero-order valence-electron chi connectivity index (χ0n) is 12.1. The first-order chi connectivity index (χ1) is 8.95. The summed E-state index contributed by atoms with van der Waals surface area (Å²) in [5.41, 5.74) is 2.45. The van der Waals surface area contributed by atoms with Gasteiger partial charge in [-0.1, -0.05) is 27.7 Å². The quantitative estimate of drug-likeness (QED) is 0.792. The molecule has 0 N–H and O–H groups in total. The van der Waals surface area contributed by atoms with Gasteiger partial charge >= 0.3 is 0 Å². The van der Waals surface area contributed by atoms with Crippen molar-refractivity contribution >= 4 is 11.3 Å². The van der Waals surface area contributed by atoms with Gasteiger partial charge in [0.1, 0.15) is 5.75 Å². The number of carbonyl (C=O) groups is 1. The maximum atomic E-state index is 12.4. The molecule has 0 unspecified atom stereocenters. The Bertz CT molecular complexity index is 612. The van der Waals surface area contributed by atoms with E-state index in [1.54, 1.807) is 17.8 Å². The summed E-state index contributed by atoms with van der Waals surface area (Å²) in [4.78, 5) is 12.4. The van der Waals surface area contributed by atoms with Gasteiger partial charge in [0, 0.05) is 5.92 Å². The van der Waals surface area contributed by atoms with E-state index >= 15 is 0 Å². The van der Waals surface area contributed by atoms with Gasteiger partial charge in [0.25, 0.3) is 0 Å². The monoisotopic (exact) mass is 260 g/mol. The van der Waals surface area contributed by atoms with Gasteiger partial charge in [0.2, 0.25) is 0 Å². The van der Waals surface area contributed by atoms with Crippen LogP contribution in [0.5, 0.6) is 5.75 Å². The Hall–Kier alpha value is -1.84. The molecule has 2 rings (SSSR count). The number of pyridine rings is 1. The van der Waals surface area contributed by atoms with Crippen molar-refractivity contribution in [2.45, 2.75) is 33.6 Å². The second-order valence-electron chi connectivity index (χ2n) is 5.33. The minimum absolute atomic E-state index is 0.0346. The topological polar surface area (TPSA) is 43.6 Å². The number of aromatic nitrogens is 2. The van der Waals surface area contributed by atoms with E-state index in [9.17, 15) is 4.79 Å². The molecule has 0 radical (unpaired) electrons. The summed E-state index contributed by atoms with van der Waals surface area (Å²) >= 11 is 0. The Balaban J connectivity index is 2.71. The molecule has 0 aliphatic rings. The standard InChI is InChI=1S/C15H20N2O2/c1-9(2)14-13(15(18)10(3)4)12-7-6-11(19-5)8-17(12)16-14/h6-10H,1-5H3. The Morgan fingerprint density at radius 2 is 1.95 bits per heavy atom. The predicted molar refractivity (Wildman–Crippen MR) is 75.0 cm³/mol. The lowest BCUT2D eigenvalue weighted by Crippen LogP contribution is -2.10. The molecule has 0 aromatic carbocycles. The number of ketones is 1. The first-order valence-corrected chi connectivity index (χ1v) is 6.56. The molecule has 4 heteroatoms. The highest BCUT2D eigenvalue weighted by atomic mass is 16.5. The number of Topliss-reactive ketones (excluding diaryl/α,β-unsaturated/α-hetero) is 1. The van der Waals surface area contributed by atoms with Crippen molar-refractivity contribution in [3.63, 3.8) is 0 Å². The van der Waals surface area contributed by atoms with Crippen molar-refractivity contribution in [1.82, 2.24) is 9.61 Å². The van der Waals surface area contributed by atoms with Crippen LogP contribution in [0.25, 0.3) is 5.52 Å². The number of nitrogens with zero attached hydrogens (tertiary/aromatic N) is 2. The lowest BCUT2D eigenvalue weighted by Gasteiger charge is -2.07. The van der Waals surface area contributed by atoms with Crippen molar-refractivity contribution in [2.24, 2.45) is 5.92 Å². The summed E-state index contributed by atoms with van der Waals surface area (Å²) < 4.78 is 6.93. The van der Waals surface area contributed by atoms with E-state index in [4.69, 9.17) is 4.74 Å². The lowest BCUT2D eigenvalue weighted by molar-refractivity contribution is 0.0939. The van der Waals surface area contributed by atoms with Crippen LogP contribution in [0.2, 0.25) is 0 Å². The van der Waals surface area contributed by atoms with Gasteiger partial charge in [-0.15, -0.1) is 0 Å². The van der Waals surface area contributed by atoms with E-state index in [2.05, 4.69) is 18.9 Å². The fourth-order valence-electron chi connectivity index (χ4n) is 2.11. The largest absolute Gasteiger partial charge is 0.495 e. The summed E-state index contributed by atoms with van der Waals surface area (Å²) in [6, 6.07) is 3.76. The molecule has 2 aromatic rings.